The third kappa shape index (κ3) is 6.04. The maximum atomic E-state index is 6.47. The Morgan fingerprint density at radius 1 is 0.759 bits per heavy atom. The molecule has 0 bridgehead atoms. The van der Waals surface area contributed by atoms with Gasteiger partial charge in [0, 0.05) is 18.1 Å². The average Bonchev–Trinajstić information content (AvgIpc) is 2.74. The van der Waals surface area contributed by atoms with Crippen LogP contribution in [0.2, 0.25) is 10.0 Å². The minimum absolute atomic E-state index is 0.377. The minimum atomic E-state index is 0.377. The van der Waals surface area contributed by atoms with Crippen molar-refractivity contribution < 1.29 is 14.2 Å². The molecule has 3 rings (SSSR count). The van der Waals surface area contributed by atoms with Gasteiger partial charge in [-0.1, -0.05) is 47.5 Å². The van der Waals surface area contributed by atoms with Crippen LogP contribution in [0.1, 0.15) is 16.7 Å². The first-order chi connectivity index (χ1) is 14.1. The van der Waals surface area contributed by atoms with E-state index in [9.17, 15) is 0 Å². The Morgan fingerprint density at radius 2 is 1.41 bits per heavy atom. The molecular weight excluding hydrogens is 409 g/mol. The number of rotatable bonds is 9. The highest BCUT2D eigenvalue weighted by Crippen LogP contribution is 2.37. The van der Waals surface area contributed by atoms with Crippen molar-refractivity contribution in [2.24, 2.45) is 0 Å². The number of ether oxygens (including phenoxy) is 3. The molecular formula is C23H23Cl2NO3. The lowest BCUT2D eigenvalue weighted by molar-refractivity contribution is 0.284. The van der Waals surface area contributed by atoms with Gasteiger partial charge in [0.15, 0.2) is 11.5 Å². The second-order valence-electron chi connectivity index (χ2n) is 6.48. The molecule has 0 spiro atoms. The van der Waals surface area contributed by atoms with Crippen LogP contribution in [0.5, 0.6) is 17.2 Å². The lowest BCUT2D eigenvalue weighted by Gasteiger charge is -2.15. The average molecular weight is 432 g/mol. The Labute approximate surface area is 181 Å². The maximum absolute atomic E-state index is 6.47. The summed E-state index contributed by atoms with van der Waals surface area (Å²) in [5.41, 5.74) is 3.18. The van der Waals surface area contributed by atoms with Crippen LogP contribution in [-0.2, 0) is 19.7 Å². The van der Waals surface area contributed by atoms with Crippen LogP contribution in [0.3, 0.4) is 0 Å². The highest BCUT2D eigenvalue weighted by atomic mass is 35.5. The molecule has 0 saturated carbocycles. The van der Waals surface area contributed by atoms with E-state index in [1.807, 2.05) is 60.7 Å². The van der Waals surface area contributed by atoms with Crippen LogP contribution in [-0.4, -0.2) is 14.2 Å². The second kappa shape index (κ2) is 10.4. The van der Waals surface area contributed by atoms with Gasteiger partial charge in [0.2, 0.25) is 0 Å². The van der Waals surface area contributed by atoms with Crippen molar-refractivity contribution in [3.05, 3.63) is 87.4 Å². The Hall–Kier alpha value is -2.40. The minimum Gasteiger partial charge on any atom is -0.497 e. The third-order valence-corrected chi connectivity index (χ3v) is 4.94. The molecule has 0 amide bonds. The number of halogens is 2. The first-order valence-corrected chi connectivity index (χ1v) is 9.92. The van der Waals surface area contributed by atoms with Gasteiger partial charge >= 0.3 is 0 Å². The second-order valence-corrected chi connectivity index (χ2v) is 7.32. The highest BCUT2D eigenvalue weighted by Gasteiger charge is 2.12. The summed E-state index contributed by atoms with van der Waals surface area (Å²) >= 11 is 12.4. The number of hydrogen-bond donors (Lipinski definition) is 1. The monoisotopic (exact) mass is 431 g/mol. The van der Waals surface area contributed by atoms with Crippen molar-refractivity contribution in [2.45, 2.75) is 19.7 Å². The summed E-state index contributed by atoms with van der Waals surface area (Å²) in [6.07, 6.45) is 0. The van der Waals surface area contributed by atoms with Gasteiger partial charge in [-0.3, -0.25) is 0 Å². The van der Waals surface area contributed by atoms with Gasteiger partial charge in [0.1, 0.15) is 12.4 Å². The third-order valence-electron chi connectivity index (χ3n) is 4.40. The topological polar surface area (TPSA) is 39.7 Å². The fraction of sp³-hybridized carbons (Fsp3) is 0.217. The van der Waals surface area contributed by atoms with Crippen LogP contribution >= 0.6 is 23.2 Å². The molecule has 4 nitrogen and oxygen atoms in total. The van der Waals surface area contributed by atoms with Crippen molar-refractivity contribution >= 4 is 23.2 Å². The van der Waals surface area contributed by atoms with Crippen LogP contribution in [0.4, 0.5) is 0 Å². The molecule has 3 aromatic rings. The Bertz CT molecular complexity index is 928. The highest BCUT2D eigenvalue weighted by molar-refractivity contribution is 6.32. The van der Waals surface area contributed by atoms with Gasteiger partial charge in [-0.05, 0) is 53.1 Å². The van der Waals surface area contributed by atoms with E-state index < -0.39 is 0 Å². The fourth-order valence-corrected chi connectivity index (χ4v) is 3.26. The van der Waals surface area contributed by atoms with Crippen LogP contribution in [0.25, 0.3) is 0 Å². The lowest BCUT2D eigenvalue weighted by Crippen LogP contribution is -2.13. The van der Waals surface area contributed by atoms with Crippen LogP contribution in [0.15, 0.2) is 60.7 Å². The van der Waals surface area contributed by atoms with Crippen molar-refractivity contribution in [3.63, 3.8) is 0 Å². The van der Waals surface area contributed by atoms with E-state index >= 15 is 0 Å². The summed E-state index contributed by atoms with van der Waals surface area (Å²) in [7, 11) is 3.27. The molecule has 0 unspecified atom stereocenters. The molecule has 0 aliphatic rings. The summed E-state index contributed by atoms with van der Waals surface area (Å²) in [5, 5.41) is 4.61. The van der Waals surface area contributed by atoms with Crippen LogP contribution in [0, 0.1) is 0 Å². The molecule has 0 aliphatic heterocycles. The zero-order chi connectivity index (χ0) is 20.6. The number of nitrogens with one attached hydrogen (secondary N) is 1. The fourth-order valence-electron chi connectivity index (χ4n) is 2.85. The zero-order valence-corrected chi connectivity index (χ0v) is 17.9. The first kappa shape index (κ1) is 21.3. The summed E-state index contributed by atoms with van der Waals surface area (Å²) in [6, 6.07) is 19.3. The summed E-state index contributed by atoms with van der Waals surface area (Å²) < 4.78 is 16.6. The van der Waals surface area contributed by atoms with Gasteiger partial charge in [0.05, 0.1) is 19.2 Å². The van der Waals surface area contributed by atoms with Crippen molar-refractivity contribution in [1.82, 2.24) is 5.32 Å². The van der Waals surface area contributed by atoms with Gasteiger partial charge in [-0.15, -0.1) is 0 Å². The van der Waals surface area contributed by atoms with E-state index in [0.717, 1.165) is 23.4 Å². The molecule has 29 heavy (non-hydrogen) atoms. The van der Waals surface area contributed by atoms with Crippen LogP contribution < -0.4 is 19.5 Å². The summed E-state index contributed by atoms with van der Waals surface area (Å²) in [6.45, 7) is 1.76. The lowest BCUT2D eigenvalue weighted by atomic mass is 10.1. The first-order valence-electron chi connectivity index (χ1n) is 9.16. The maximum Gasteiger partial charge on any atom is 0.180 e. The van der Waals surface area contributed by atoms with Crippen molar-refractivity contribution in [3.8, 4) is 17.2 Å². The molecule has 0 radical (unpaired) electrons. The molecule has 0 heterocycles. The van der Waals surface area contributed by atoms with Gasteiger partial charge in [0.25, 0.3) is 0 Å². The van der Waals surface area contributed by atoms with Gasteiger partial charge < -0.3 is 19.5 Å². The standard InChI is InChI=1S/C23H23Cl2NO3/c1-27-20-9-5-16(6-10-20)13-26-14-18-11-21(25)23(22(12-18)28-2)29-15-17-3-7-19(24)8-4-17/h3-12,26H,13-15H2,1-2H3. The Kier molecular flexibility index (Phi) is 7.64. The zero-order valence-electron chi connectivity index (χ0n) is 16.4. The molecule has 1 N–H and O–H groups in total. The molecule has 6 heteroatoms. The predicted molar refractivity (Wildman–Crippen MR) is 117 cm³/mol. The Balaban J connectivity index is 1.61. The molecule has 3 aromatic carbocycles. The number of benzene rings is 3. The molecule has 0 aromatic heterocycles. The smallest absolute Gasteiger partial charge is 0.180 e. The largest absolute Gasteiger partial charge is 0.497 e. The molecule has 0 aliphatic carbocycles. The Morgan fingerprint density at radius 3 is 2.07 bits per heavy atom. The van der Waals surface area contributed by atoms with E-state index in [0.29, 0.717) is 34.7 Å². The normalized spacial score (nSPS) is 10.6. The summed E-state index contributed by atoms with van der Waals surface area (Å²) in [4.78, 5) is 0. The quantitative estimate of drug-likeness (QED) is 0.459. The van der Waals surface area contributed by atoms with Gasteiger partial charge in [-0.25, -0.2) is 0 Å². The van der Waals surface area contributed by atoms with Crippen molar-refractivity contribution in [1.29, 1.82) is 0 Å². The van der Waals surface area contributed by atoms with Gasteiger partial charge in [-0.2, -0.15) is 0 Å². The SMILES string of the molecule is COc1ccc(CNCc2cc(Cl)c(OCc3ccc(Cl)cc3)c(OC)c2)cc1. The van der Waals surface area contributed by atoms with E-state index in [-0.39, 0.29) is 0 Å². The predicted octanol–water partition coefficient (Wildman–Crippen LogP) is 5.88. The molecule has 0 fully saturated rings. The molecule has 152 valence electrons. The molecule has 0 atom stereocenters. The molecule has 0 saturated heterocycles. The number of hydrogen-bond acceptors (Lipinski definition) is 4. The number of methoxy groups -OCH3 is 2. The van der Waals surface area contributed by atoms with E-state index in [1.165, 1.54) is 5.56 Å². The van der Waals surface area contributed by atoms with E-state index in [1.54, 1.807) is 14.2 Å². The van der Waals surface area contributed by atoms with E-state index in [4.69, 9.17) is 37.4 Å². The van der Waals surface area contributed by atoms with Crippen molar-refractivity contribution in [2.75, 3.05) is 14.2 Å². The summed E-state index contributed by atoms with van der Waals surface area (Å²) in [5.74, 6) is 1.98. The van der Waals surface area contributed by atoms with E-state index in [2.05, 4.69) is 5.32 Å².